The summed E-state index contributed by atoms with van der Waals surface area (Å²) in [5.41, 5.74) is 0.838. The van der Waals surface area contributed by atoms with Crippen LogP contribution in [0.2, 0.25) is 5.02 Å². The van der Waals surface area contributed by atoms with Crippen molar-refractivity contribution in [1.82, 2.24) is 10.2 Å². The van der Waals surface area contributed by atoms with Crippen LogP contribution in [0.25, 0.3) is 0 Å². The number of hydrogen-bond acceptors (Lipinski definition) is 5. The van der Waals surface area contributed by atoms with Crippen LogP contribution in [0.1, 0.15) is 46.1 Å². The lowest BCUT2D eigenvalue weighted by atomic mass is 10.1. The van der Waals surface area contributed by atoms with E-state index in [1.54, 1.807) is 43.3 Å². The van der Waals surface area contributed by atoms with Gasteiger partial charge in [-0.3, -0.25) is 13.9 Å². The third-order valence-corrected chi connectivity index (χ3v) is 6.87. The lowest BCUT2D eigenvalue weighted by molar-refractivity contribution is -0.141. The zero-order chi connectivity index (χ0) is 27.1. The molecule has 10 heteroatoms. The van der Waals surface area contributed by atoms with E-state index in [1.165, 1.54) is 16.3 Å². The molecule has 36 heavy (non-hydrogen) atoms. The van der Waals surface area contributed by atoms with Gasteiger partial charge >= 0.3 is 0 Å². The number of ether oxygens (including phenoxy) is 1. The van der Waals surface area contributed by atoms with E-state index in [-0.39, 0.29) is 37.7 Å². The van der Waals surface area contributed by atoms with E-state index >= 15 is 0 Å². The molecular formula is C26H36ClN3O5S. The minimum absolute atomic E-state index is 0.0662. The van der Waals surface area contributed by atoms with E-state index in [4.69, 9.17) is 16.3 Å². The number of benzene rings is 2. The fourth-order valence-corrected chi connectivity index (χ4v) is 4.70. The summed E-state index contributed by atoms with van der Waals surface area (Å²) in [7, 11) is -2.08. The largest absolute Gasteiger partial charge is 0.497 e. The Morgan fingerprint density at radius 3 is 2.31 bits per heavy atom. The highest BCUT2D eigenvalue weighted by Gasteiger charge is 2.28. The van der Waals surface area contributed by atoms with E-state index in [1.807, 2.05) is 32.9 Å². The molecule has 0 heterocycles. The third-order valence-electron chi connectivity index (χ3n) is 5.43. The van der Waals surface area contributed by atoms with Crippen LogP contribution in [-0.4, -0.2) is 56.6 Å². The van der Waals surface area contributed by atoms with Gasteiger partial charge in [0.15, 0.2) is 0 Å². The number of rotatable bonds is 11. The van der Waals surface area contributed by atoms with Crippen LogP contribution < -0.4 is 14.4 Å². The van der Waals surface area contributed by atoms with Gasteiger partial charge in [-0.15, -0.1) is 0 Å². The van der Waals surface area contributed by atoms with E-state index < -0.39 is 21.6 Å². The zero-order valence-corrected chi connectivity index (χ0v) is 23.3. The predicted octanol–water partition coefficient (Wildman–Crippen LogP) is 4.23. The normalized spacial score (nSPS) is 12.5. The van der Waals surface area contributed by atoms with Crippen molar-refractivity contribution in [3.8, 4) is 5.75 Å². The Hall–Kier alpha value is -2.78. The summed E-state index contributed by atoms with van der Waals surface area (Å²) in [5.74, 6) is 0.0182. The Bertz CT molecular complexity index is 1150. The van der Waals surface area contributed by atoms with Crippen molar-refractivity contribution in [2.45, 2.75) is 58.7 Å². The molecule has 0 aliphatic heterocycles. The molecule has 2 aromatic carbocycles. The molecular weight excluding hydrogens is 502 g/mol. The summed E-state index contributed by atoms with van der Waals surface area (Å²) in [6.07, 6.45) is 1.46. The van der Waals surface area contributed by atoms with Crippen molar-refractivity contribution in [3.63, 3.8) is 0 Å². The maximum absolute atomic E-state index is 13.3. The predicted molar refractivity (Wildman–Crippen MR) is 144 cm³/mol. The van der Waals surface area contributed by atoms with Gasteiger partial charge in [-0.05, 0) is 63.9 Å². The van der Waals surface area contributed by atoms with Gasteiger partial charge in [-0.1, -0.05) is 29.8 Å². The summed E-state index contributed by atoms with van der Waals surface area (Å²) in [6.45, 7) is 7.65. The first-order valence-electron chi connectivity index (χ1n) is 11.7. The van der Waals surface area contributed by atoms with Crippen molar-refractivity contribution < 1.29 is 22.7 Å². The van der Waals surface area contributed by atoms with Gasteiger partial charge in [-0.25, -0.2) is 8.42 Å². The number of sulfonamides is 1. The quantitative estimate of drug-likeness (QED) is 0.463. The first-order chi connectivity index (χ1) is 16.7. The monoisotopic (exact) mass is 537 g/mol. The lowest BCUT2D eigenvalue weighted by Gasteiger charge is -2.32. The molecule has 0 spiro atoms. The average molecular weight is 538 g/mol. The van der Waals surface area contributed by atoms with Gasteiger partial charge in [0.1, 0.15) is 11.8 Å². The number of amides is 2. The Morgan fingerprint density at radius 2 is 1.75 bits per heavy atom. The Kier molecular flexibility index (Phi) is 10.2. The molecule has 2 aromatic rings. The smallest absolute Gasteiger partial charge is 0.242 e. The molecule has 0 radical (unpaired) electrons. The number of nitrogens with zero attached hydrogens (tertiary/aromatic N) is 2. The molecule has 8 nitrogen and oxygen atoms in total. The molecule has 0 aromatic heterocycles. The Balaban J connectivity index is 2.19. The first-order valence-corrected chi connectivity index (χ1v) is 13.9. The van der Waals surface area contributed by atoms with E-state index in [9.17, 15) is 18.0 Å². The van der Waals surface area contributed by atoms with Crippen LogP contribution in [0.3, 0.4) is 0 Å². The third kappa shape index (κ3) is 9.02. The second-order valence-corrected chi connectivity index (χ2v) is 12.0. The van der Waals surface area contributed by atoms with E-state index in [0.29, 0.717) is 16.5 Å². The van der Waals surface area contributed by atoms with Crippen LogP contribution >= 0.6 is 11.6 Å². The minimum atomic E-state index is -3.59. The fraction of sp³-hybridized carbons (Fsp3) is 0.462. The van der Waals surface area contributed by atoms with Gasteiger partial charge in [0, 0.05) is 36.1 Å². The van der Waals surface area contributed by atoms with Crippen molar-refractivity contribution in [1.29, 1.82) is 0 Å². The van der Waals surface area contributed by atoms with Crippen LogP contribution in [-0.2, 0) is 26.2 Å². The molecule has 2 amide bonds. The second-order valence-electron chi connectivity index (χ2n) is 9.70. The number of methoxy groups -OCH3 is 1. The van der Waals surface area contributed by atoms with Crippen molar-refractivity contribution in [2.75, 3.05) is 24.2 Å². The summed E-state index contributed by atoms with van der Waals surface area (Å²) in [6, 6.07) is 13.1. The van der Waals surface area contributed by atoms with Crippen LogP contribution in [0.5, 0.6) is 5.75 Å². The Morgan fingerprint density at radius 1 is 1.11 bits per heavy atom. The first kappa shape index (κ1) is 29.5. The maximum atomic E-state index is 13.3. The highest BCUT2D eigenvalue weighted by Crippen LogP contribution is 2.24. The molecule has 0 bridgehead atoms. The highest BCUT2D eigenvalue weighted by atomic mass is 35.5. The van der Waals surface area contributed by atoms with Gasteiger partial charge < -0.3 is 15.0 Å². The SMILES string of the molecule is COc1cccc(N(CCCC(=O)N(Cc2ccc(Cl)cc2)C(C)C(=O)NC(C)(C)C)S(C)(=O)=O)c1. The molecule has 0 fully saturated rings. The van der Waals surface area contributed by atoms with Gasteiger partial charge in [0.2, 0.25) is 21.8 Å². The summed E-state index contributed by atoms with van der Waals surface area (Å²) < 4.78 is 31.4. The number of anilines is 1. The topological polar surface area (TPSA) is 96.0 Å². The molecule has 198 valence electrons. The van der Waals surface area contributed by atoms with Crippen molar-refractivity contribution >= 4 is 39.1 Å². The fourth-order valence-electron chi connectivity index (χ4n) is 3.61. The van der Waals surface area contributed by atoms with Crippen molar-refractivity contribution in [2.24, 2.45) is 0 Å². The van der Waals surface area contributed by atoms with E-state index in [2.05, 4.69) is 5.32 Å². The molecule has 0 aliphatic rings. The molecule has 0 saturated heterocycles. The lowest BCUT2D eigenvalue weighted by Crippen LogP contribution is -2.52. The van der Waals surface area contributed by atoms with Crippen molar-refractivity contribution in [3.05, 3.63) is 59.1 Å². The summed E-state index contributed by atoms with van der Waals surface area (Å²) in [5, 5.41) is 3.50. The zero-order valence-electron chi connectivity index (χ0n) is 21.7. The molecule has 0 saturated carbocycles. The molecule has 2 rings (SSSR count). The summed E-state index contributed by atoms with van der Waals surface area (Å²) in [4.78, 5) is 27.7. The second kappa shape index (κ2) is 12.5. The standard InChI is InChI=1S/C26H36ClN3O5S/c1-19(25(32)28-26(2,3)4)29(18-20-12-14-21(27)15-13-20)24(31)11-8-16-30(36(6,33)34)22-9-7-10-23(17-22)35-5/h7,9-10,12-15,17,19H,8,11,16,18H2,1-6H3,(H,28,32). The van der Waals surface area contributed by atoms with Crippen LogP contribution in [0.4, 0.5) is 5.69 Å². The number of carbonyl (C=O) groups is 2. The van der Waals surface area contributed by atoms with Crippen LogP contribution in [0, 0.1) is 0 Å². The van der Waals surface area contributed by atoms with Gasteiger partial charge in [-0.2, -0.15) is 0 Å². The maximum Gasteiger partial charge on any atom is 0.242 e. The average Bonchev–Trinajstić information content (AvgIpc) is 2.79. The number of hydrogen-bond donors (Lipinski definition) is 1. The highest BCUT2D eigenvalue weighted by molar-refractivity contribution is 7.92. The van der Waals surface area contributed by atoms with Gasteiger partial charge in [0.05, 0.1) is 19.1 Å². The van der Waals surface area contributed by atoms with Gasteiger partial charge in [0.25, 0.3) is 0 Å². The molecule has 1 N–H and O–H groups in total. The van der Waals surface area contributed by atoms with Crippen LogP contribution in [0.15, 0.2) is 48.5 Å². The number of nitrogens with one attached hydrogen (secondary N) is 1. The number of halogens is 1. The Labute approximate surface area is 219 Å². The number of carbonyl (C=O) groups excluding carboxylic acids is 2. The molecule has 1 atom stereocenters. The molecule has 0 aliphatic carbocycles. The summed E-state index contributed by atoms with van der Waals surface area (Å²) >= 11 is 5.99. The minimum Gasteiger partial charge on any atom is -0.497 e. The molecule has 1 unspecified atom stereocenters. The van der Waals surface area contributed by atoms with E-state index in [0.717, 1.165) is 11.8 Å².